The number of sulfonamides is 1. The fraction of sp³-hybridized carbons (Fsp3) is 0.310. The summed E-state index contributed by atoms with van der Waals surface area (Å²) in [4.78, 5) is 11.2. The van der Waals surface area contributed by atoms with Gasteiger partial charge in [0.1, 0.15) is 5.75 Å². The number of methoxy groups -OCH3 is 1. The standard InChI is InChI=1S/C29H33N5O3S2/c1-21-15-29(30-16-27(21)32-25-13-14-33(18-25)22(2)24-7-5-4-6-8-24)39(35,36)34(28-19-38-20-31-28)17-23-9-11-26(37-3)12-10-23/h4-12,15-16,19-20,22,25,32H,13-14,17-18H2,1-3H3/t22-,25?/m1/s1. The van der Waals surface area contributed by atoms with Gasteiger partial charge in [-0.2, -0.15) is 8.42 Å². The molecule has 1 fully saturated rings. The van der Waals surface area contributed by atoms with Crippen LogP contribution in [0.2, 0.25) is 0 Å². The van der Waals surface area contributed by atoms with Crippen molar-refractivity contribution in [2.24, 2.45) is 0 Å². The zero-order valence-electron chi connectivity index (χ0n) is 22.3. The van der Waals surface area contributed by atoms with Gasteiger partial charge in [0.25, 0.3) is 10.0 Å². The van der Waals surface area contributed by atoms with Crippen LogP contribution in [0, 0.1) is 6.92 Å². The molecule has 2 aromatic heterocycles. The van der Waals surface area contributed by atoms with Crippen LogP contribution >= 0.6 is 11.3 Å². The molecule has 3 heterocycles. The Bertz CT molecular complexity index is 1480. The van der Waals surface area contributed by atoms with Crippen molar-refractivity contribution < 1.29 is 13.2 Å². The third kappa shape index (κ3) is 6.08. The minimum atomic E-state index is -3.96. The van der Waals surface area contributed by atoms with Crippen molar-refractivity contribution in [2.75, 3.05) is 29.8 Å². The van der Waals surface area contributed by atoms with Gasteiger partial charge in [-0.1, -0.05) is 42.5 Å². The second-order valence-corrected chi connectivity index (χ2v) is 12.3. The van der Waals surface area contributed by atoms with Crippen molar-refractivity contribution in [3.63, 3.8) is 0 Å². The summed E-state index contributed by atoms with van der Waals surface area (Å²) in [7, 11) is -2.36. The highest BCUT2D eigenvalue weighted by Gasteiger charge is 2.30. The van der Waals surface area contributed by atoms with E-state index in [2.05, 4.69) is 51.4 Å². The van der Waals surface area contributed by atoms with Crippen molar-refractivity contribution in [2.45, 2.75) is 43.9 Å². The number of likely N-dealkylation sites (tertiary alicyclic amines) is 1. The highest BCUT2D eigenvalue weighted by molar-refractivity contribution is 7.92. The number of thiazole rings is 1. The molecule has 1 saturated heterocycles. The van der Waals surface area contributed by atoms with Gasteiger partial charge in [0.05, 0.1) is 31.0 Å². The zero-order valence-corrected chi connectivity index (χ0v) is 24.0. The zero-order chi connectivity index (χ0) is 27.4. The van der Waals surface area contributed by atoms with E-state index in [1.54, 1.807) is 30.3 Å². The Morgan fingerprint density at radius 1 is 1.15 bits per heavy atom. The Morgan fingerprint density at radius 2 is 1.92 bits per heavy atom. The molecule has 1 unspecified atom stereocenters. The Morgan fingerprint density at radius 3 is 2.59 bits per heavy atom. The molecule has 5 rings (SSSR count). The third-order valence-corrected chi connectivity index (χ3v) is 9.43. The largest absolute Gasteiger partial charge is 0.497 e. The molecule has 0 radical (unpaired) electrons. The summed E-state index contributed by atoms with van der Waals surface area (Å²) in [5.41, 5.74) is 5.44. The number of benzene rings is 2. The molecule has 39 heavy (non-hydrogen) atoms. The molecule has 204 valence electrons. The second-order valence-electron chi connectivity index (χ2n) is 9.76. The summed E-state index contributed by atoms with van der Waals surface area (Å²) >= 11 is 1.35. The molecular weight excluding hydrogens is 530 g/mol. The van der Waals surface area contributed by atoms with Gasteiger partial charge in [-0.3, -0.25) is 4.90 Å². The van der Waals surface area contributed by atoms with Crippen LogP contribution in [0.5, 0.6) is 5.75 Å². The molecular formula is C29H33N5O3S2. The van der Waals surface area contributed by atoms with Gasteiger partial charge in [0.2, 0.25) is 0 Å². The average molecular weight is 564 g/mol. The molecule has 8 nitrogen and oxygen atoms in total. The Kier molecular flexibility index (Phi) is 8.15. The van der Waals surface area contributed by atoms with Crippen LogP contribution in [0.15, 0.2) is 82.8 Å². The van der Waals surface area contributed by atoms with Crippen LogP contribution < -0.4 is 14.4 Å². The summed E-state index contributed by atoms with van der Waals surface area (Å²) in [6.07, 6.45) is 2.65. The number of pyridine rings is 1. The second kappa shape index (κ2) is 11.7. The van der Waals surface area contributed by atoms with Gasteiger partial charge in [-0.25, -0.2) is 14.3 Å². The van der Waals surface area contributed by atoms with Gasteiger partial charge in [-0.15, -0.1) is 11.3 Å². The smallest absolute Gasteiger partial charge is 0.283 e. The van der Waals surface area contributed by atoms with E-state index in [1.165, 1.54) is 21.2 Å². The van der Waals surface area contributed by atoms with E-state index in [0.29, 0.717) is 17.6 Å². The SMILES string of the molecule is COc1ccc(CN(c2cscn2)S(=O)(=O)c2cc(C)c(NC3CCN([C@H](C)c4ccccc4)C3)cn2)cc1. The first-order valence-electron chi connectivity index (χ1n) is 12.9. The van der Waals surface area contributed by atoms with Gasteiger partial charge < -0.3 is 10.1 Å². The maximum absolute atomic E-state index is 13.8. The predicted molar refractivity (Wildman–Crippen MR) is 156 cm³/mol. The van der Waals surface area contributed by atoms with Crippen molar-refractivity contribution in [3.8, 4) is 5.75 Å². The molecule has 1 N–H and O–H groups in total. The maximum atomic E-state index is 13.8. The van der Waals surface area contributed by atoms with Crippen LogP contribution in [0.1, 0.15) is 36.1 Å². The van der Waals surface area contributed by atoms with Crippen molar-refractivity contribution >= 4 is 32.9 Å². The van der Waals surface area contributed by atoms with Crippen LogP contribution in [0.25, 0.3) is 0 Å². The summed E-state index contributed by atoms with van der Waals surface area (Å²) in [6.45, 7) is 6.20. The number of nitrogens with zero attached hydrogens (tertiary/aromatic N) is 4. The molecule has 0 spiro atoms. The van der Waals surface area contributed by atoms with Gasteiger partial charge in [-0.05, 0) is 55.2 Å². The fourth-order valence-electron chi connectivity index (χ4n) is 4.87. The van der Waals surface area contributed by atoms with Crippen LogP contribution in [-0.2, 0) is 16.6 Å². The number of aryl methyl sites for hydroxylation is 1. The van der Waals surface area contributed by atoms with E-state index >= 15 is 0 Å². The molecule has 10 heteroatoms. The van der Waals surface area contributed by atoms with Crippen LogP contribution in [0.3, 0.4) is 0 Å². The van der Waals surface area contributed by atoms with Gasteiger partial charge in [0.15, 0.2) is 10.8 Å². The summed E-state index contributed by atoms with van der Waals surface area (Å²) in [5, 5.41) is 5.32. The quantitative estimate of drug-likeness (QED) is 0.273. The summed E-state index contributed by atoms with van der Waals surface area (Å²) < 4.78 is 34.1. The van der Waals surface area contributed by atoms with Crippen LogP contribution in [0.4, 0.5) is 11.5 Å². The van der Waals surface area contributed by atoms with Crippen molar-refractivity contribution in [1.29, 1.82) is 0 Å². The first-order valence-corrected chi connectivity index (χ1v) is 15.3. The molecule has 1 aliphatic rings. The Balaban J connectivity index is 1.31. The van der Waals surface area contributed by atoms with E-state index in [1.807, 2.05) is 37.3 Å². The minimum Gasteiger partial charge on any atom is -0.497 e. The van der Waals surface area contributed by atoms with E-state index in [0.717, 1.165) is 36.3 Å². The minimum absolute atomic E-state index is 0.00203. The van der Waals surface area contributed by atoms with Gasteiger partial charge >= 0.3 is 0 Å². The molecule has 2 aromatic carbocycles. The third-order valence-electron chi connectivity index (χ3n) is 7.21. The molecule has 0 amide bonds. The fourth-order valence-corrected chi connectivity index (χ4v) is 6.88. The summed E-state index contributed by atoms with van der Waals surface area (Å²) in [6, 6.07) is 20.1. The lowest BCUT2D eigenvalue weighted by molar-refractivity contribution is 0.261. The van der Waals surface area contributed by atoms with E-state index in [9.17, 15) is 8.42 Å². The van der Waals surface area contributed by atoms with Crippen molar-refractivity contribution in [1.82, 2.24) is 14.9 Å². The maximum Gasteiger partial charge on any atom is 0.283 e. The first-order chi connectivity index (χ1) is 18.8. The molecule has 0 bridgehead atoms. The lowest BCUT2D eigenvalue weighted by Crippen LogP contribution is -2.32. The molecule has 2 atom stereocenters. The van der Waals surface area contributed by atoms with Crippen molar-refractivity contribution in [3.05, 3.63) is 94.4 Å². The highest BCUT2D eigenvalue weighted by Crippen LogP contribution is 2.29. The Labute approximate surface area is 234 Å². The lowest BCUT2D eigenvalue weighted by atomic mass is 10.1. The topological polar surface area (TPSA) is 87.7 Å². The van der Waals surface area contributed by atoms with E-state index < -0.39 is 10.0 Å². The summed E-state index contributed by atoms with van der Waals surface area (Å²) in [5.74, 6) is 1.08. The Hall–Kier alpha value is -3.47. The monoisotopic (exact) mass is 563 g/mol. The normalized spacial score (nSPS) is 16.6. The number of aromatic nitrogens is 2. The number of ether oxygens (including phenoxy) is 1. The van der Waals surface area contributed by atoms with Crippen LogP contribution in [-0.4, -0.2) is 49.5 Å². The molecule has 0 aliphatic carbocycles. The molecule has 1 aliphatic heterocycles. The number of hydrogen-bond acceptors (Lipinski definition) is 8. The van der Waals surface area contributed by atoms with E-state index in [4.69, 9.17) is 4.74 Å². The average Bonchev–Trinajstić information content (AvgIpc) is 3.66. The number of rotatable bonds is 10. The van der Waals surface area contributed by atoms with Gasteiger partial charge in [0, 0.05) is 30.6 Å². The molecule has 4 aromatic rings. The lowest BCUT2D eigenvalue weighted by Gasteiger charge is -2.25. The highest BCUT2D eigenvalue weighted by atomic mass is 32.2. The number of anilines is 2. The number of hydrogen-bond donors (Lipinski definition) is 1. The first kappa shape index (κ1) is 27.1. The predicted octanol–water partition coefficient (Wildman–Crippen LogP) is 5.50. The van der Waals surface area contributed by atoms with E-state index in [-0.39, 0.29) is 17.6 Å². The number of nitrogens with one attached hydrogen (secondary N) is 1. The molecule has 0 saturated carbocycles.